The van der Waals surface area contributed by atoms with Crippen LogP contribution in [0.1, 0.15) is 26.0 Å². The number of aromatic nitrogens is 1. The van der Waals surface area contributed by atoms with Crippen molar-refractivity contribution in [1.29, 1.82) is 0 Å². The first-order valence-electron chi connectivity index (χ1n) is 6.73. The normalized spacial score (nSPS) is 20.2. The number of sulfonamides is 1. The highest BCUT2D eigenvalue weighted by Crippen LogP contribution is 2.30. The van der Waals surface area contributed by atoms with Crippen LogP contribution in [-0.4, -0.2) is 54.8 Å². The quantitative estimate of drug-likeness (QED) is 0.845. The molecule has 0 spiro atoms. The van der Waals surface area contributed by atoms with Crippen molar-refractivity contribution in [2.24, 2.45) is 0 Å². The van der Waals surface area contributed by atoms with Gasteiger partial charge in [0, 0.05) is 32.2 Å². The summed E-state index contributed by atoms with van der Waals surface area (Å²) in [5.74, 6) is 0. The van der Waals surface area contributed by atoms with Gasteiger partial charge in [-0.1, -0.05) is 29.9 Å². The van der Waals surface area contributed by atoms with Crippen molar-refractivity contribution >= 4 is 33.0 Å². The van der Waals surface area contributed by atoms with Gasteiger partial charge in [-0.25, -0.2) is 13.4 Å². The molecule has 0 bridgehead atoms. The van der Waals surface area contributed by atoms with Crippen molar-refractivity contribution < 1.29 is 8.42 Å². The molecule has 0 aromatic carbocycles. The fraction of sp³-hybridized carbons (Fsp3) is 0.750. The average Bonchev–Trinajstić information content (AvgIpc) is 2.77. The summed E-state index contributed by atoms with van der Waals surface area (Å²) in [5, 5.41) is 0. The van der Waals surface area contributed by atoms with Gasteiger partial charge in [-0.3, -0.25) is 4.90 Å². The zero-order valence-electron chi connectivity index (χ0n) is 12.0. The highest BCUT2D eigenvalue weighted by molar-refractivity contribution is 7.91. The van der Waals surface area contributed by atoms with Gasteiger partial charge in [-0.2, -0.15) is 4.31 Å². The Morgan fingerprint density at radius 2 is 1.95 bits per heavy atom. The van der Waals surface area contributed by atoms with Crippen LogP contribution in [0, 0.1) is 6.92 Å². The van der Waals surface area contributed by atoms with E-state index in [2.05, 4.69) is 23.7 Å². The molecule has 8 heteroatoms. The van der Waals surface area contributed by atoms with E-state index in [9.17, 15) is 8.42 Å². The predicted octanol–water partition coefficient (Wildman–Crippen LogP) is 2.21. The molecule has 5 nitrogen and oxygen atoms in total. The summed E-state index contributed by atoms with van der Waals surface area (Å²) < 4.78 is 27.3. The second kappa shape index (κ2) is 6.27. The molecular weight excluding hydrogens is 318 g/mol. The Morgan fingerprint density at radius 1 is 1.35 bits per heavy atom. The fourth-order valence-electron chi connectivity index (χ4n) is 2.35. The summed E-state index contributed by atoms with van der Waals surface area (Å²) in [6, 6.07) is 0.499. The van der Waals surface area contributed by atoms with E-state index in [4.69, 9.17) is 11.6 Å². The Kier molecular flexibility index (Phi) is 5.07. The van der Waals surface area contributed by atoms with Crippen molar-refractivity contribution in [3.8, 4) is 0 Å². The predicted molar refractivity (Wildman–Crippen MR) is 81.9 cm³/mol. The highest BCUT2D eigenvalue weighted by atomic mass is 35.5. The summed E-state index contributed by atoms with van der Waals surface area (Å²) in [7, 11) is -3.45. The van der Waals surface area contributed by atoms with Gasteiger partial charge in [0.1, 0.15) is 0 Å². The van der Waals surface area contributed by atoms with Crippen LogP contribution < -0.4 is 0 Å². The molecule has 1 aliphatic heterocycles. The smallest absolute Gasteiger partial charge is 0.254 e. The monoisotopic (exact) mass is 337 g/mol. The number of hydrogen-bond donors (Lipinski definition) is 0. The number of thiazole rings is 1. The van der Waals surface area contributed by atoms with Crippen LogP contribution in [0.3, 0.4) is 0 Å². The lowest BCUT2D eigenvalue weighted by Crippen LogP contribution is -2.51. The lowest BCUT2D eigenvalue weighted by molar-refractivity contribution is 0.143. The fourth-order valence-corrected chi connectivity index (χ4v) is 5.65. The van der Waals surface area contributed by atoms with E-state index in [1.165, 1.54) is 0 Å². The molecule has 0 radical (unpaired) electrons. The van der Waals surface area contributed by atoms with Gasteiger partial charge >= 0.3 is 0 Å². The number of nitrogens with zero attached hydrogens (tertiary/aromatic N) is 3. The molecule has 114 valence electrons. The number of piperazine rings is 1. The zero-order chi connectivity index (χ0) is 14.9. The van der Waals surface area contributed by atoms with Gasteiger partial charge < -0.3 is 0 Å². The third kappa shape index (κ3) is 3.17. The van der Waals surface area contributed by atoms with E-state index in [0.717, 1.165) is 30.8 Å². The lowest BCUT2D eigenvalue weighted by Gasteiger charge is -2.36. The molecule has 20 heavy (non-hydrogen) atoms. The van der Waals surface area contributed by atoms with Crippen LogP contribution in [-0.2, 0) is 10.0 Å². The molecule has 1 atom stereocenters. The molecule has 1 aliphatic rings. The summed E-state index contributed by atoms with van der Waals surface area (Å²) in [6.07, 6.45) is 1.08. The Balaban J connectivity index is 2.12. The molecule has 0 saturated carbocycles. The molecular formula is C12H20ClN3O2S2. The third-order valence-electron chi connectivity index (χ3n) is 3.79. The molecule has 1 aromatic heterocycles. The number of hydrogen-bond acceptors (Lipinski definition) is 5. The molecule has 1 aromatic rings. The van der Waals surface area contributed by atoms with Crippen LogP contribution >= 0.6 is 22.9 Å². The first-order chi connectivity index (χ1) is 9.36. The van der Waals surface area contributed by atoms with Crippen LogP contribution in [0.2, 0.25) is 4.47 Å². The van der Waals surface area contributed by atoms with Crippen molar-refractivity contribution in [2.45, 2.75) is 37.4 Å². The summed E-state index contributed by atoms with van der Waals surface area (Å²) >= 11 is 6.85. The van der Waals surface area contributed by atoms with Gasteiger partial charge in [0.2, 0.25) is 0 Å². The van der Waals surface area contributed by atoms with Crippen LogP contribution in [0.5, 0.6) is 0 Å². The van der Waals surface area contributed by atoms with Crippen LogP contribution in [0.15, 0.2) is 4.21 Å². The van der Waals surface area contributed by atoms with Crippen molar-refractivity contribution in [1.82, 2.24) is 14.2 Å². The SMILES string of the molecule is CCC(C)N1CCN(S(=O)(=O)c2sc(Cl)nc2C)CC1. The average molecular weight is 338 g/mol. The van der Waals surface area contributed by atoms with Crippen molar-refractivity contribution in [3.63, 3.8) is 0 Å². The molecule has 0 N–H and O–H groups in total. The first-order valence-corrected chi connectivity index (χ1v) is 9.36. The van der Waals surface area contributed by atoms with E-state index in [1.54, 1.807) is 11.2 Å². The number of halogens is 1. The van der Waals surface area contributed by atoms with E-state index in [0.29, 0.717) is 24.8 Å². The first kappa shape index (κ1) is 16.2. The van der Waals surface area contributed by atoms with E-state index in [1.807, 2.05) is 0 Å². The summed E-state index contributed by atoms with van der Waals surface area (Å²) in [4.78, 5) is 6.33. The van der Waals surface area contributed by atoms with Crippen LogP contribution in [0.4, 0.5) is 0 Å². The molecule has 1 unspecified atom stereocenters. The largest absolute Gasteiger partial charge is 0.298 e. The summed E-state index contributed by atoms with van der Waals surface area (Å²) in [5.41, 5.74) is 0.490. The maximum absolute atomic E-state index is 12.6. The minimum absolute atomic E-state index is 0.277. The second-order valence-corrected chi connectivity index (χ2v) is 8.75. The Labute approximate surface area is 129 Å². The van der Waals surface area contributed by atoms with Gasteiger partial charge in [0.05, 0.1) is 5.69 Å². The maximum Gasteiger partial charge on any atom is 0.254 e. The second-order valence-electron chi connectivity index (χ2n) is 5.04. The maximum atomic E-state index is 12.6. The standard InChI is InChI=1S/C12H20ClN3O2S2/c1-4-9(2)15-5-7-16(8-6-15)20(17,18)11-10(3)14-12(13)19-11/h9H,4-8H2,1-3H3. The summed E-state index contributed by atoms with van der Waals surface area (Å²) in [6.45, 7) is 8.63. The van der Waals surface area contributed by atoms with Gasteiger partial charge in [0.25, 0.3) is 10.0 Å². The molecule has 2 rings (SSSR count). The molecule has 0 amide bonds. The Hall–Kier alpha value is -0.210. The molecule has 1 saturated heterocycles. The van der Waals surface area contributed by atoms with E-state index >= 15 is 0 Å². The lowest BCUT2D eigenvalue weighted by atomic mass is 10.2. The van der Waals surface area contributed by atoms with Crippen molar-refractivity contribution in [3.05, 3.63) is 10.2 Å². The molecule has 1 fully saturated rings. The number of aryl methyl sites for hydroxylation is 1. The Morgan fingerprint density at radius 3 is 2.40 bits per heavy atom. The van der Waals surface area contributed by atoms with Gasteiger partial charge in [-0.15, -0.1) is 0 Å². The Bertz CT molecular complexity index is 565. The zero-order valence-corrected chi connectivity index (χ0v) is 14.4. The van der Waals surface area contributed by atoms with Gasteiger partial charge in [0.15, 0.2) is 8.68 Å². The highest BCUT2D eigenvalue weighted by Gasteiger charge is 2.32. The van der Waals surface area contributed by atoms with Crippen LogP contribution in [0.25, 0.3) is 0 Å². The minimum atomic E-state index is -3.45. The van der Waals surface area contributed by atoms with E-state index < -0.39 is 10.0 Å². The van der Waals surface area contributed by atoms with Gasteiger partial charge in [-0.05, 0) is 20.3 Å². The van der Waals surface area contributed by atoms with Crippen molar-refractivity contribution in [2.75, 3.05) is 26.2 Å². The third-order valence-corrected chi connectivity index (χ3v) is 7.54. The molecule has 0 aliphatic carbocycles. The topological polar surface area (TPSA) is 53.5 Å². The number of rotatable bonds is 4. The molecule has 2 heterocycles. The minimum Gasteiger partial charge on any atom is -0.298 e. The van der Waals surface area contributed by atoms with E-state index in [-0.39, 0.29) is 8.68 Å².